The van der Waals surface area contributed by atoms with Crippen molar-refractivity contribution in [2.24, 2.45) is 5.10 Å². The van der Waals surface area contributed by atoms with Crippen molar-refractivity contribution in [2.75, 3.05) is 44.8 Å². The van der Waals surface area contributed by atoms with Crippen LogP contribution < -0.4 is 14.4 Å². The van der Waals surface area contributed by atoms with Crippen LogP contribution in [0.3, 0.4) is 0 Å². The van der Waals surface area contributed by atoms with Gasteiger partial charge in [-0.3, -0.25) is 5.01 Å². The summed E-state index contributed by atoms with van der Waals surface area (Å²) in [6.07, 6.45) is 1.69. The lowest BCUT2D eigenvalue weighted by atomic mass is 10.2. The Kier molecular flexibility index (Phi) is 5.84. The number of phenolic OH excluding ortho intramolecular Hbond substituents is 1. The number of phenols is 1. The Morgan fingerprint density at radius 1 is 1.04 bits per heavy atom. The van der Waals surface area contributed by atoms with Gasteiger partial charge in [-0.05, 0) is 31.2 Å². The summed E-state index contributed by atoms with van der Waals surface area (Å²) in [7, 11) is 1.70. The summed E-state index contributed by atoms with van der Waals surface area (Å²) in [5.41, 5.74) is 1.77. The standard InChI is InChI=1S/C20H25N3O3/c1-3-26-19-10-6-7-16(20(19)24)15-21-23-13-11-22(12-14-23)17-8-4-5-9-18(17)25-2/h4-10,15,24H,3,11-14H2,1-2H3/b21-15-. The highest BCUT2D eigenvalue weighted by molar-refractivity contribution is 5.84. The van der Waals surface area contributed by atoms with E-state index in [-0.39, 0.29) is 5.75 Å². The number of aromatic hydroxyl groups is 1. The highest BCUT2D eigenvalue weighted by atomic mass is 16.5. The monoisotopic (exact) mass is 355 g/mol. The Labute approximate surface area is 154 Å². The van der Waals surface area contributed by atoms with E-state index >= 15 is 0 Å². The van der Waals surface area contributed by atoms with Crippen LogP contribution in [-0.2, 0) is 0 Å². The Morgan fingerprint density at radius 2 is 1.77 bits per heavy atom. The minimum atomic E-state index is 0.130. The van der Waals surface area contributed by atoms with Gasteiger partial charge in [0.1, 0.15) is 5.75 Å². The number of methoxy groups -OCH3 is 1. The highest BCUT2D eigenvalue weighted by Gasteiger charge is 2.18. The third kappa shape index (κ3) is 4.02. The molecule has 138 valence electrons. The molecule has 0 atom stereocenters. The smallest absolute Gasteiger partial charge is 0.166 e. The van der Waals surface area contributed by atoms with Gasteiger partial charge in [-0.15, -0.1) is 0 Å². The van der Waals surface area contributed by atoms with Crippen molar-refractivity contribution in [1.82, 2.24) is 5.01 Å². The Bertz CT molecular complexity index is 756. The Hall–Kier alpha value is -2.89. The first kappa shape index (κ1) is 17.9. The van der Waals surface area contributed by atoms with Gasteiger partial charge in [0.2, 0.25) is 0 Å². The molecule has 0 aromatic heterocycles. The molecule has 26 heavy (non-hydrogen) atoms. The minimum Gasteiger partial charge on any atom is -0.504 e. The van der Waals surface area contributed by atoms with Gasteiger partial charge >= 0.3 is 0 Å². The van der Waals surface area contributed by atoms with Gasteiger partial charge in [0.25, 0.3) is 0 Å². The summed E-state index contributed by atoms with van der Waals surface area (Å²) in [6, 6.07) is 13.5. The maximum atomic E-state index is 10.2. The molecule has 6 heteroatoms. The second-order valence-corrected chi connectivity index (χ2v) is 5.98. The maximum Gasteiger partial charge on any atom is 0.166 e. The second kappa shape index (κ2) is 8.47. The van der Waals surface area contributed by atoms with Gasteiger partial charge < -0.3 is 19.5 Å². The molecule has 1 heterocycles. The minimum absolute atomic E-state index is 0.130. The quantitative estimate of drug-likeness (QED) is 0.808. The van der Waals surface area contributed by atoms with Crippen LogP contribution in [0.15, 0.2) is 47.6 Å². The lowest BCUT2D eigenvalue weighted by Crippen LogP contribution is -2.44. The van der Waals surface area contributed by atoms with E-state index in [9.17, 15) is 5.11 Å². The highest BCUT2D eigenvalue weighted by Crippen LogP contribution is 2.29. The van der Waals surface area contributed by atoms with Gasteiger partial charge in [-0.1, -0.05) is 18.2 Å². The SMILES string of the molecule is CCOc1cccc(/C=N\N2CCN(c3ccccc3OC)CC2)c1O. The Balaban J connectivity index is 1.62. The molecular weight excluding hydrogens is 330 g/mol. The van der Waals surface area contributed by atoms with Crippen LogP contribution in [0.1, 0.15) is 12.5 Å². The van der Waals surface area contributed by atoms with E-state index in [1.165, 1.54) is 0 Å². The van der Waals surface area contributed by atoms with Gasteiger partial charge in [0.15, 0.2) is 11.5 Å². The summed E-state index contributed by atoms with van der Waals surface area (Å²) in [5, 5.41) is 16.8. The summed E-state index contributed by atoms with van der Waals surface area (Å²) < 4.78 is 10.9. The molecule has 1 fully saturated rings. The first-order chi connectivity index (χ1) is 12.7. The molecular formula is C20H25N3O3. The lowest BCUT2D eigenvalue weighted by Gasteiger charge is -2.35. The molecule has 1 aliphatic heterocycles. The molecule has 0 unspecified atom stereocenters. The van der Waals surface area contributed by atoms with E-state index < -0.39 is 0 Å². The molecule has 1 saturated heterocycles. The molecule has 0 aliphatic carbocycles. The maximum absolute atomic E-state index is 10.2. The second-order valence-electron chi connectivity index (χ2n) is 5.98. The van der Waals surface area contributed by atoms with E-state index in [0.29, 0.717) is 17.9 Å². The molecule has 0 spiro atoms. The van der Waals surface area contributed by atoms with E-state index in [4.69, 9.17) is 9.47 Å². The van der Waals surface area contributed by atoms with Crippen LogP contribution in [-0.4, -0.2) is 56.2 Å². The molecule has 3 rings (SSSR count). The zero-order chi connectivity index (χ0) is 18.4. The third-order valence-corrected chi connectivity index (χ3v) is 4.37. The molecule has 0 saturated carbocycles. The van der Waals surface area contributed by atoms with Crippen LogP contribution in [0.4, 0.5) is 5.69 Å². The van der Waals surface area contributed by atoms with Crippen LogP contribution in [0.25, 0.3) is 0 Å². The predicted molar refractivity (Wildman–Crippen MR) is 104 cm³/mol. The van der Waals surface area contributed by atoms with Crippen molar-refractivity contribution in [3.63, 3.8) is 0 Å². The fraction of sp³-hybridized carbons (Fsp3) is 0.350. The summed E-state index contributed by atoms with van der Waals surface area (Å²) in [4.78, 5) is 2.30. The molecule has 6 nitrogen and oxygen atoms in total. The van der Waals surface area contributed by atoms with Gasteiger partial charge in [-0.25, -0.2) is 0 Å². The van der Waals surface area contributed by atoms with Crippen LogP contribution in [0, 0.1) is 0 Å². The van der Waals surface area contributed by atoms with Crippen LogP contribution in [0.2, 0.25) is 0 Å². The fourth-order valence-corrected chi connectivity index (χ4v) is 3.00. The normalized spacial score (nSPS) is 14.7. The number of nitrogens with zero attached hydrogens (tertiary/aromatic N) is 3. The zero-order valence-corrected chi connectivity index (χ0v) is 15.3. The number of benzene rings is 2. The molecule has 1 aliphatic rings. The number of hydrogen-bond donors (Lipinski definition) is 1. The number of hydrogen-bond acceptors (Lipinski definition) is 6. The van der Waals surface area contributed by atoms with Crippen molar-refractivity contribution >= 4 is 11.9 Å². The average Bonchev–Trinajstić information content (AvgIpc) is 2.69. The third-order valence-electron chi connectivity index (χ3n) is 4.37. The first-order valence-corrected chi connectivity index (χ1v) is 8.84. The molecule has 0 amide bonds. The first-order valence-electron chi connectivity index (χ1n) is 8.84. The number of hydrazone groups is 1. The van der Waals surface area contributed by atoms with Crippen molar-refractivity contribution < 1.29 is 14.6 Å². The number of anilines is 1. The van der Waals surface area contributed by atoms with E-state index in [1.54, 1.807) is 19.4 Å². The summed E-state index contributed by atoms with van der Waals surface area (Å²) in [5.74, 6) is 1.50. The van der Waals surface area contributed by atoms with Crippen molar-refractivity contribution in [3.05, 3.63) is 48.0 Å². The molecule has 2 aromatic carbocycles. The lowest BCUT2D eigenvalue weighted by molar-refractivity contribution is 0.271. The van der Waals surface area contributed by atoms with Crippen molar-refractivity contribution in [2.45, 2.75) is 6.92 Å². The van der Waals surface area contributed by atoms with Gasteiger partial charge in [-0.2, -0.15) is 5.10 Å². The predicted octanol–water partition coefficient (Wildman–Crippen LogP) is 2.96. The van der Waals surface area contributed by atoms with E-state index in [0.717, 1.165) is 37.6 Å². The number of ether oxygens (including phenoxy) is 2. The van der Waals surface area contributed by atoms with Crippen molar-refractivity contribution in [3.8, 4) is 17.2 Å². The van der Waals surface area contributed by atoms with Gasteiger partial charge in [0, 0.05) is 18.7 Å². The van der Waals surface area contributed by atoms with Crippen LogP contribution >= 0.6 is 0 Å². The zero-order valence-electron chi connectivity index (χ0n) is 15.3. The fourth-order valence-electron chi connectivity index (χ4n) is 3.00. The summed E-state index contributed by atoms with van der Waals surface area (Å²) >= 11 is 0. The number of para-hydroxylation sites is 3. The molecule has 1 N–H and O–H groups in total. The Morgan fingerprint density at radius 3 is 2.50 bits per heavy atom. The summed E-state index contributed by atoms with van der Waals surface area (Å²) in [6.45, 7) is 5.74. The van der Waals surface area contributed by atoms with Gasteiger partial charge in [0.05, 0.1) is 38.7 Å². The number of piperazine rings is 1. The molecule has 0 bridgehead atoms. The van der Waals surface area contributed by atoms with E-state index in [2.05, 4.69) is 16.1 Å². The average molecular weight is 355 g/mol. The largest absolute Gasteiger partial charge is 0.504 e. The van der Waals surface area contributed by atoms with Crippen LogP contribution in [0.5, 0.6) is 17.2 Å². The molecule has 2 aromatic rings. The van der Waals surface area contributed by atoms with Crippen molar-refractivity contribution in [1.29, 1.82) is 0 Å². The topological polar surface area (TPSA) is 57.5 Å². The molecule has 0 radical (unpaired) electrons. The number of rotatable bonds is 6. The van der Waals surface area contributed by atoms with E-state index in [1.807, 2.05) is 42.3 Å².